The summed E-state index contributed by atoms with van der Waals surface area (Å²) in [5.41, 5.74) is 0. The van der Waals surface area contributed by atoms with E-state index in [0.29, 0.717) is 5.76 Å². The monoisotopic (exact) mass is 277 g/mol. The molecule has 1 aromatic heterocycles. The molecule has 0 bridgehead atoms. The molecular formula is C14H15NO3S. The van der Waals surface area contributed by atoms with Crippen LogP contribution < -0.4 is 0 Å². The number of hydrogen-bond acceptors (Lipinski definition) is 3. The summed E-state index contributed by atoms with van der Waals surface area (Å²) in [5, 5.41) is 0. The van der Waals surface area contributed by atoms with E-state index in [4.69, 9.17) is 4.42 Å². The summed E-state index contributed by atoms with van der Waals surface area (Å²) < 4.78 is 31.5. The minimum Gasteiger partial charge on any atom is -0.468 e. The van der Waals surface area contributed by atoms with Crippen LogP contribution in [0.25, 0.3) is 0 Å². The largest absolute Gasteiger partial charge is 0.468 e. The second-order valence-electron chi connectivity index (χ2n) is 3.98. The molecule has 1 heterocycles. The topological polar surface area (TPSA) is 50.5 Å². The Morgan fingerprint density at radius 3 is 2.47 bits per heavy atom. The summed E-state index contributed by atoms with van der Waals surface area (Å²) in [4.78, 5) is 0.267. The smallest absolute Gasteiger partial charge is 0.243 e. The summed E-state index contributed by atoms with van der Waals surface area (Å²) in [6.45, 7) is 4.02. The van der Waals surface area contributed by atoms with Crippen LogP contribution in [-0.2, 0) is 16.6 Å². The van der Waals surface area contributed by atoms with Crippen molar-refractivity contribution in [3.05, 3.63) is 67.1 Å². The van der Waals surface area contributed by atoms with Crippen LogP contribution in [0.5, 0.6) is 0 Å². The molecule has 0 radical (unpaired) electrons. The lowest BCUT2D eigenvalue weighted by atomic mass is 10.4. The molecule has 2 rings (SSSR count). The molecule has 0 spiro atoms. The molecule has 0 aliphatic heterocycles. The van der Waals surface area contributed by atoms with Crippen molar-refractivity contribution in [2.24, 2.45) is 0 Å². The predicted molar refractivity (Wildman–Crippen MR) is 72.9 cm³/mol. The van der Waals surface area contributed by atoms with Gasteiger partial charge in [-0.2, -0.15) is 4.31 Å². The van der Waals surface area contributed by atoms with Crippen molar-refractivity contribution in [1.82, 2.24) is 4.31 Å². The van der Waals surface area contributed by atoms with Gasteiger partial charge in [-0.1, -0.05) is 24.3 Å². The fourth-order valence-corrected chi connectivity index (χ4v) is 3.11. The highest BCUT2D eigenvalue weighted by atomic mass is 32.2. The third kappa shape index (κ3) is 3.13. The molecule has 2 aromatic rings. The Labute approximate surface area is 113 Å². The first kappa shape index (κ1) is 13.6. The molecule has 0 unspecified atom stereocenters. The first-order chi connectivity index (χ1) is 9.14. The van der Waals surface area contributed by atoms with Crippen molar-refractivity contribution in [3.8, 4) is 0 Å². The number of rotatable bonds is 6. The van der Waals surface area contributed by atoms with Crippen LogP contribution in [0.15, 0.2) is 70.7 Å². The molecular weight excluding hydrogens is 262 g/mol. The van der Waals surface area contributed by atoms with Gasteiger partial charge in [0.05, 0.1) is 17.7 Å². The maximum atomic E-state index is 12.5. The Hall–Kier alpha value is -1.85. The fourth-order valence-electron chi connectivity index (χ4n) is 1.71. The van der Waals surface area contributed by atoms with Gasteiger partial charge in [0.15, 0.2) is 0 Å². The molecule has 0 amide bonds. The van der Waals surface area contributed by atoms with Gasteiger partial charge in [0.2, 0.25) is 10.0 Å². The Morgan fingerprint density at radius 1 is 1.16 bits per heavy atom. The number of furan rings is 1. The van der Waals surface area contributed by atoms with Crippen LogP contribution in [0.2, 0.25) is 0 Å². The maximum absolute atomic E-state index is 12.5. The SMILES string of the molecule is C=CCN(Cc1ccco1)S(=O)(=O)c1ccccc1. The van der Waals surface area contributed by atoms with Gasteiger partial charge in [-0.25, -0.2) is 8.42 Å². The van der Waals surface area contributed by atoms with E-state index in [2.05, 4.69) is 6.58 Å². The number of benzene rings is 1. The van der Waals surface area contributed by atoms with Gasteiger partial charge in [0.1, 0.15) is 5.76 Å². The third-order valence-electron chi connectivity index (χ3n) is 2.63. The van der Waals surface area contributed by atoms with E-state index in [1.54, 1.807) is 48.5 Å². The summed E-state index contributed by atoms with van der Waals surface area (Å²) in [7, 11) is -3.54. The molecule has 0 N–H and O–H groups in total. The molecule has 100 valence electrons. The minimum atomic E-state index is -3.54. The van der Waals surface area contributed by atoms with E-state index in [-0.39, 0.29) is 18.0 Å². The molecule has 0 aliphatic carbocycles. The predicted octanol–water partition coefficient (Wildman–Crippen LogP) is 2.66. The average molecular weight is 277 g/mol. The number of hydrogen-bond donors (Lipinski definition) is 0. The zero-order valence-electron chi connectivity index (χ0n) is 10.4. The lowest BCUT2D eigenvalue weighted by molar-refractivity contribution is 0.386. The van der Waals surface area contributed by atoms with E-state index in [1.807, 2.05) is 0 Å². The van der Waals surface area contributed by atoms with Crippen molar-refractivity contribution in [3.63, 3.8) is 0 Å². The maximum Gasteiger partial charge on any atom is 0.243 e. The molecule has 4 nitrogen and oxygen atoms in total. The van der Waals surface area contributed by atoms with Crippen molar-refractivity contribution in [2.75, 3.05) is 6.54 Å². The summed E-state index contributed by atoms with van der Waals surface area (Å²) in [5.74, 6) is 0.598. The van der Waals surface area contributed by atoms with Gasteiger partial charge in [-0.15, -0.1) is 6.58 Å². The normalized spacial score (nSPS) is 11.6. The van der Waals surface area contributed by atoms with Crippen LogP contribution in [0.4, 0.5) is 0 Å². The zero-order valence-corrected chi connectivity index (χ0v) is 11.2. The highest BCUT2D eigenvalue weighted by Crippen LogP contribution is 2.18. The molecule has 5 heteroatoms. The molecule has 1 aromatic carbocycles. The van der Waals surface area contributed by atoms with Gasteiger partial charge in [0.25, 0.3) is 0 Å². The van der Waals surface area contributed by atoms with Gasteiger partial charge in [0, 0.05) is 6.54 Å². The van der Waals surface area contributed by atoms with E-state index in [1.165, 1.54) is 10.6 Å². The average Bonchev–Trinajstić information content (AvgIpc) is 2.92. The minimum absolute atomic E-state index is 0.191. The van der Waals surface area contributed by atoms with Crippen LogP contribution in [0, 0.1) is 0 Å². The first-order valence-electron chi connectivity index (χ1n) is 5.83. The Kier molecular flexibility index (Phi) is 4.19. The van der Waals surface area contributed by atoms with Crippen LogP contribution in [0.3, 0.4) is 0 Å². The van der Waals surface area contributed by atoms with Gasteiger partial charge in [-0.05, 0) is 24.3 Å². The van der Waals surface area contributed by atoms with Crippen molar-refractivity contribution < 1.29 is 12.8 Å². The molecule has 0 fully saturated rings. The zero-order chi connectivity index (χ0) is 13.7. The number of nitrogens with zero attached hydrogens (tertiary/aromatic N) is 1. The highest BCUT2D eigenvalue weighted by molar-refractivity contribution is 7.89. The quantitative estimate of drug-likeness (QED) is 0.763. The summed E-state index contributed by atoms with van der Waals surface area (Å²) in [6.07, 6.45) is 3.08. The molecule has 0 atom stereocenters. The first-order valence-corrected chi connectivity index (χ1v) is 7.27. The second kappa shape index (κ2) is 5.86. The fraction of sp³-hybridized carbons (Fsp3) is 0.143. The van der Waals surface area contributed by atoms with Crippen molar-refractivity contribution in [2.45, 2.75) is 11.4 Å². The molecule has 19 heavy (non-hydrogen) atoms. The summed E-state index contributed by atoms with van der Waals surface area (Å²) in [6, 6.07) is 11.8. The van der Waals surface area contributed by atoms with Crippen LogP contribution in [0.1, 0.15) is 5.76 Å². The Balaban J connectivity index is 2.30. The summed E-state index contributed by atoms with van der Waals surface area (Å²) >= 11 is 0. The van der Waals surface area contributed by atoms with Crippen LogP contribution in [-0.4, -0.2) is 19.3 Å². The van der Waals surface area contributed by atoms with Crippen LogP contribution >= 0.6 is 0 Å². The van der Waals surface area contributed by atoms with Gasteiger partial charge in [-0.3, -0.25) is 0 Å². The van der Waals surface area contributed by atoms with E-state index < -0.39 is 10.0 Å². The van der Waals surface area contributed by atoms with Gasteiger partial charge < -0.3 is 4.42 Å². The van der Waals surface area contributed by atoms with Crippen molar-refractivity contribution >= 4 is 10.0 Å². The van der Waals surface area contributed by atoms with E-state index in [0.717, 1.165) is 0 Å². The molecule has 0 saturated carbocycles. The lowest BCUT2D eigenvalue weighted by Gasteiger charge is -2.19. The second-order valence-corrected chi connectivity index (χ2v) is 5.92. The molecule has 0 aliphatic rings. The van der Waals surface area contributed by atoms with Gasteiger partial charge >= 0.3 is 0 Å². The van der Waals surface area contributed by atoms with Crippen molar-refractivity contribution in [1.29, 1.82) is 0 Å². The third-order valence-corrected chi connectivity index (χ3v) is 4.45. The standard InChI is InChI=1S/C14H15NO3S/c1-2-10-15(12-13-7-6-11-18-13)19(16,17)14-8-4-3-5-9-14/h2-9,11H,1,10,12H2. The van der Waals surface area contributed by atoms with E-state index in [9.17, 15) is 8.42 Å². The van der Waals surface area contributed by atoms with E-state index >= 15 is 0 Å². The highest BCUT2D eigenvalue weighted by Gasteiger charge is 2.24. The lowest BCUT2D eigenvalue weighted by Crippen LogP contribution is -2.30. The number of sulfonamides is 1. The Bertz CT molecular complexity index is 618. The Morgan fingerprint density at radius 2 is 1.89 bits per heavy atom. The molecule has 0 saturated heterocycles.